The summed E-state index contributed by atoms with van der Waals surface area (Å²) in [7, 11) is 0. The van der Waals surface area contributed by atoms with Crippen molar-refractivity contribution in [3.63, 3.8) is 0 Å². The number of H-pyrrole nitrogens is 1. The van der Waals surface area contributed by atoms with Crippen molar-refractivity contribution in [1.29, 1.82) is 0 Å². The molecule has 0 aliphatic rings. The number of amides is 1. The number of nitrogens with two attached hydrogens (primary N) is 1. The van der Waals surface area contributed by atoms with Crippen LogP contribution >= 0.6 is 0 Å². The number of nitrogens with zero attached hydrogens (tertiary/aromatic N) is 1. The van der Waals surface area contributed by atoms with Crippen molar-refractivity contribution >= 4 is 16.8 Å². The molecule has 0 spiro atoms. The number of fused-ring (bicyclic) bond motifs is 1. The molecule has 3 aromatic rings. The summed E-state index contributed by atoms with van der Waals surface area (Å²) >= 11 is 0. The number of hydrogen-bond acceptors (Lipinski definition) is 6. The fourth-order valence-corrected chi connectivity index (χ4v) is 3.19. The molecule has 0 bridgehead atoms. The van der Waals surface area contributed by atoms with Gasteiger partial charge in [-0.15, -0.1) is 0 Å². The fraction of sp³-hybridized carbons (Fsp3) is 0.286. The molecule has 8 nitrogen and oxygen atoms in total. The second kappa shape index (κ2) is 8.95. The lowest BCUT2D eigenvalue weighted by Gasteiger charge is -2.16. The Morgan fingerprint density at radius 3 is 2.79 bits per heavy atom. The number of pyridine rings is 2. The molecule has 0 saturated heterocycles. The van der Waals surface area contributed by atoms with Gasteiger partial charge in [-0.05, 0) is 43.7 Å². The molecule has 0 radical (unpaired) electrons. The SMILES string of the molecule is Cc1cc2ccccc2nc1-c1cc([C@H](O)C(=O)NCCCN)c(CO)c(=O)[nH]1. The topological polar surface area (TPSA) is 141 Å². The fourth-order valence-electron chi connectivity index (χ4n) is 3.19. The third kappa shape index (κ3) is 4.34. The molecule has 1 aromatic carbocycles. The van der Waals surface area contributed by atoms with E-state index in [1.165, 1.54) is 6.07 Å². The highest BCUT2D eigenvalue weighted by Gasteiger charge is 2.23. The molecule has 0 aliphatic heterocycles. The minimum absolute atomic E-state index is 0.0471. The van der Waals surface area contributed by atoms with Crippen LogP contribution in [0.3, 0.4) is 0 Å². The Morgan fingerprint density at radius 2 is 2.07 bits per heavy atom. The van der Waals surface area contributed by atoms with Gasteiger partial charge in [0, 0.05) is 23.1 Å². The molecular weight excluding hydrogens is 372 g/mol. The number of aromatic amines is 1. The number of aliphatic hydroxyl groups excluding tert-OH is 2. The summed E-state index contributed by atoms with van der Waals surface area (Å²) in [6, 6.07) is 11.0. The predicted molar refractivity (Wildman–Crippen MR) is 110 cm³/mol. The molecule has 3 rings (SSSR count). The van der Waals surface area contributed by atoms with Crippen LogP contribution in [0.2, 0.25) is 0 Å². The zero-order valence-electron chi connectivity index (χ0n) is 16.1. The maximum Gasteiger partial charge on any atom is 0.254 e. The average Bonchev–Trinajstić information content (AvgIpc) is 2.72. The zero-order valence-corrected chi connectivity index (χ0v) is 16.1. The van der Waals surface area contributed by atoms with Gasteiger partial charge in [0.05, 0.1) is 23.5 Å². The maximum atomic E-state index is 12.5. The standard InChI is InChI=1S/C21H24N4O4/c1-12-9-13-5-2-3-6-16(13)24-18(12)17-10-14(15(11-26)20(28)25-17)19(27)21(29)23-8-4-7-22/h2-3,5-6,9-10,19,26-27H,4,7-8,11,22H2,1H3,(H,23,29)(H,25,28)/t19-/m0/s1. The van der Waals surface area contributed by atoms with Crippen molar-refractivity contribution in [3.8, 4) is 11.4 Å². The van der Waals surface area contributed by atoms with E-state index in [2.05, 4.69) is 15.3 Å². The number of aryl methyl sites for hydroxylation is 1. The number of para-hydroxylation sites is 1. The normalized spacial score (nSPS) is 12.1. The zero-order chi connectivity index (χ0) is 21.0. The molecule has 29 heavy (non-hydrogen) atoms. The van der Waals surface area contributed by atoms with E-state index in [4.69, 9.17) is 5.73 Å². The summed E-state index contributed by atoms with van der Waals surface area (Å²) < 4.78 is 0. The van der Waals surface area contributed by atoms with Gasteiger partial charge in [0.25, 0.3) is 11.5 Å². The van der Waals surface area contributed by atoms with Crippen LogP contribution in [0.4, 0.5) is 0 Å². The van der Waals surface area contributed by atoms with Crippen molar-refractivity contribution in [1.82, 2.24) is 15.3 Å². The van der Waals surface area contributed by atoms with E-state index in [9.17, 15) is 19.8 Å². The lowest BCUT2D eigenvalue weighted by Crippen LogP contribution is -2.32. The first-order valence-electron chi connectivity index (χ1n) is 9.35. The smallest absolute Gasteiger partial charge is 0.254 e. The Morgan fingerprint density at radius 1 is 1.31 bits per heavy atom. The largest absolute Gasteiger partial charge is 0.391 e. The maximum absolute atomic E-state index is 12.5. The van der Waals surface area contributed by atoms with Gasteiger partial charge in [-0.3, -0.25) is 9.59 Å². The average molecular weight is 396 g/mol. The molecule has 152 valence electrons. The molecule has 0 unspecified atom stereocenters. The lowest BCUT2D eigenvalue weighted by atomic mass is 10.00. The molecule has 2 aromatic heterocycles. The first-order chi connectivity index (χ1) is 14.0. The predicted octanol–water partition coefficient (Wildman–Crippen LogP) is 0.889. The number of hydrogen-bond donors (Lipinski definition) is 5. The van der Waals surface area contributed by atoms with Gasteiger partial charge in [-0.1, -0.05) is 18.2 Å². The third-order valence-electron chi connectivity index (χ3n) is 4.72. The molecule has 8 heteroatoms. The Bertz CT molecular complexity index is 1090. The van der Waals surface area contributed by atoms with Crippen LogP contribution in [0.25, 0.3) is 22.3 Å². The van der Waals surface area contributed by atoms with Crippen molar-refractivity contribution in [2.45, 2.75) is 26.1 Å². The van der Waals surface area contributed by atoms with Gasteiger partial charge in [-0.25, -0.2) is 4.98 Å². The van der Waals surface area contributed by atoms with Crippen LogP contribution in [0.15, 0.2) is 41.2 Å². The van der Waals surface area contributed by atoms with Crippen LogP contribution in [-0.2, 0) is 11.4 Å². The van der Waals surface area contributed by atoms with E-state index in [1.54, 1.807) is 0 Å². The molecule has 1 atom stereocenters. The molecular formula is C21H24N4O4. The molecule has 2 heterocycles. The Kier molecular flexibility index (Phi) is 6.38. The molecule has 1 amide bonds. The summed E-state index contributed by atoms with van der Waals surface area (Å²) in [5.74, 6) is -0.659. The summed E-state index contributed by atoms with van der Waals surface area (Å²) in [6.07, 6.45) is -1.04. The van der Waals surface area contributed by atoms with E-state index >= 15 is 0 Å². The monoisotopic (exact) mass is 396 g/mol. The number of aromatic nitrogens is 2. The van der Waals surface area contributed by atoms with Crippen molar-refractivity contribution in [2.75, 3.05) is 13.1 Å². The van der Waals surface area contributed by atoms with Crippen LogP contribution < -0.4 is 16.6 Å². The number of nitrogens with one attached hydrogen (secondary N) is 2. The summed E-state index contributed by atoms with van der Waals surface area (Å²) in [5, 5.41) is 23.6. The van der Waals surface area contributed by atoms with Gasteiger partial charge in [0.15, 0.2) is 6.10 Å². The molecule has 0 fully saturated rings. The Labute approximate surface area is 167 Å². The van der Waals surface area contributed by atoms with E-state index in [0.29, 0.717) is 30.9 Å². The summed E-state index contributed by atoms with van der Waals surface area (Å²) in [4.78, 5) is 32.1. The minimum Gasteiger partial charge on any atom is -0.391 e. The minimum atomic E-state index is -1.60. The second-order valence-electron chi connectivity index (χ2n) is 6.79. The number of benzene rings is 1. The molecule has 0 aliphatic carbocycles. The summed E-state index contributed by atoms with van der Waals surface area (Å²) in [6.45, 7) is 1.97. The highest BCUT2D eigenvalue weighted by molar-refractivity contribution is 5.84. The van der Waals surface area contributed by atoms with Crippen molar-refractivity contribution in [3.05, 3.63) is 63.4 Å². The Hall–Kier alpha value is -3.07. The van der Waals surface area contributed by atoms with Gasteiger partial charge < -0.3 is 26.2 Å². The van der Waals surface area contributed by atoms with Crippen molar-refractivity contribution in [2.24, 2.45) is 5.73 Å². The highest BCUT2D eigenvalue weighted by Crippen LogP contribution is 2.26. The quantitative estimate of drug-likeness (QED) is 0.376. The van der Waals surface area contributed by atoms with E-state index in [0.717, 1.165) is 16.5 Å². The van der Waals surface area contributed by atoms with Crippen LogP contribution in [-0.4, -0.2) is 39.2 Å². The second-order valence-corrected chi connectivity index (χ2v) is 6.79. The third-order valence-corrected chi connectivity index (χ3v) is 4.72. The van der Waals surface area contributed by atoms with Gasteiger partial charge >= 0.3 is 0 Å². The van der Waals surface area contributed by atoms with Gasteiger partial charge in [-0.2, -0.15) is 0 Å². The number of carbonyl (C=O) groups excluding carboxylic acids is 1. The highest BCUT2D eigenvalue weighted by atomic mass is 16.3. The van der Waals surface area contributed by atoms with Crippen LogP contribution in [0.5, 0.6) is 0 Å². The lowest BCUT2D eigenvalue weighted by molar-refractivity contribution is -0.129. The van der Waals surface area contributed by atoms with E-state index in [-0.39, 0.29) is 11.1 Å². The van der Waals surface area contributed by atoms with Gasteiger partial charge in [0.2, 0.25) is 0 Å². The van der Waals surface area contributed by atoms with Gasteiger partial charge in [0.1, 0.15) is 0 Å². The van der Waals surface area contributed by atoms with E-state index in [1.807, 2.05) is 37.3 Å². The number of aliphatic hydroxyl groups is 2. The molecule has 6 N–H and O–H groups in total. The first-order valence-corrected chi connectivity index (χ1v) is 9.35. The Balaban J connectivity index is 2.07. The molecule has 0 saturated carbocycles. The number of rotatable bonds is 7. The van der Waals surface area contributed by atoms with Crippen LogP contribution in [0, 0.1) is 6.92 Å². The van der Waals surface area contributed by atoms with E-state index < -0.39 is 24.2 Å². The van der Waals surface area contributed by atoms with Crippen molar-refractivity contribution < 1.29 is 15.0 Å². The summed E-state index contributed by atoms with van der Waals surface area (Å²) in [5.41, 5.74) is 7.28. The first kappa shape index (κ1) is 20.7. The number of carbonyl (C=O) groups is 1. The van der Waals surface area contributed by atoms with Crippen LogP contribution in [0.1, 0.15) is 29.2 Å².